The topological polar surface area (TPSA) is 38.8 Å². The third kappa shape index (κ3) is 4.68. The van der Waals surface area contributed by atoms with Crippen LogP contribution in [0.2, 0.25) is 0 Å². The second-order valence-electron chi connectivity index (χ2n) is 4.17. The Morgan fingerprint density at radius 3 is 3.00 bits per heavy atom. The summed E-state index contributed by atoms with van der Waals surface area (Å²) in [6, 6.07) is 0. The van der Waals surface area contributed by atoms with Gasteiger partial charge in [-0.2, -0.15) is 0 Å². The Kier molecular flexibility index (Phi) is 6.09. The number of methoxy groups -OCH3 is 1. The van der Waals surface area contributed by atoms with Crippen LogP contribution < -0.4 is 0 Å². The van der Waals surface area contributed by atoms with Gasteiger partial charge in [-0.05, 0) is 12.8 Å². The van der Waals surface area contributed by atoms with Crippen LogP contribution >= 0.6 is 11.6 Å². The first-order valence-corrected chi connectivity index (χ1v) is 6.05. The predicted octanol–water partition coefficient (Wildman–Crippen LogP) is 1.27. The van der Waals surface area contributed by atoms with Crippen LogP contribution in [0.25, 0.3) is 0 Å². The summed E-state index contributed by atoms with van der Waals surface area (Å²) in [6.45, 7) is 1.75. The molecule has 0 saturated carbocycles. The van der Waals surface area contributed by atoms with E-state index in [-0.39, 0.29) is 17.4 Å². The van der Waals surface area contributed by atoms with E-state index in [2.05, 4.69) is 0 Å². The molecule has 0 spiro atoms. The molecule has 0 aromatic heterocycles. The maximum Gasteiger partial charge on any atom is 0.224 e. The van der Waals surface area contributed by atoms with Crippen LogP contribution in [0.4, 0.5) is 0 Å². The van der Waals surface area contributed by atoms with Crippen LogP contribution in [-0.2, 0) is 14.3 Å². The molecule has 0 N–H and O–H groups in total. The first-order chi connectivity index (χ1) is 7.63. The van der Waals surface area contributed by atoms with Crippen molar-refractivity contribution in [2.75, 3.05) is 33.9 Å². The van der Waals surface area contributed by atoms with Crippen LogP contribution in [0.15, 0.2) is 0 Å². The molecule has 0 bridgehead atoms. The number of nitrogens with zero attached hydrogens (tertiary/aromatic N) is 1. The Balaban J connectivity index is 2.23. The second kappa shape index (κ2) is 7.09. The Hall–Kier alpha value is -0.320. The molecular weight excluding hydrogens is 230 g/mol. The lowest BCUT2D eigenvalue weighted by atomic mass is 10.1. The van der Waals surface area contributed by atoms with Crippen LogP contribution in [0.5, 0.6) is 0 Å². The van der Waals surface area contributed by atoms with Crippen molar-refractivity contribution in [3.63, 3.8) is 0 Å². The van der Waals surface area contributed by atoms with Gasteiger partial charge in [0.15, 0.2) is 0 Å². The number of rotatable bonds is 6. The summed E-state index contributed by atoms with van der Waals surface area (Å²) in [6.07, 6.45) is 2.62. The molecule has 0 aliphatic carbocycles. The molecule has 5 heteroatoms. The molecule has 16 heavy (non-hydrogen) atoms. The van der Waals surface area contributed by atoms with Gasteiger partial charge in [-0.3, -0.25) is 4.79 Å². The zero-order chi connectivity index (χ0) is 12.0. The summed E-state index contributed by atoms with van der Waals surface area (Å²) in [7, 11) is 3.37. The van der Waals surface area contributed by atoms with Gasteiger partial charge in [-0.15, -0.1) is 11.6 Å². The monoisotopic (exact) mass is 249 g/mol. The van der Waals surface area contributed by atoms with Crippen molar-refractivity contribution in [3.05, 3.63) is 0 Å². The van der Waals surface area contributed by atoms with Crippen LogP contribution in [0.3, 0.4) is 0 Å². The minimum atomic E-state index is -0.150. The van der Waals surface area contributed by atoms with E-state index >= 15 is 0 Å². The molecule has 1 amide bonds. The third-order valence-corrected chi connectivity index (χ3v) is 2.94. The van der Waals surface area contributed by atoms with E-state index in [1.165, 1.54) is 0 Å². The minimum Gasteiger partial charge on any atom is -0.383 e. The smallest absolute Gasteiger partial charge is 0.224 e. The molecular formula is C11H20ClNO3. The van der Waals surface area contributed by atoms with Gasteiger partial charge in [0.1, 0.15) is 0 Å². The highest BCUT2D eigenvalue weighted by Gasteiger charge is 2.22. The molecule has 1 fully saturated rings. The van der Waals surface area contributed by atoms with Crippen molar-refractivity contribution < 1.29 is 14.3 Å². The highest BCUT2D eigenvalue weighted by atomic mass is 35.5. The molecule has 2 atom stereocenters. The number of hydrogen-bond acceptors (Lipinski definition) is 3. The van der Waals surface area contributed by atoms with Gasteiger partial charge in [0, 0.05) is 27.3 Å². The van der Waals surface area contributed by atoms with Crippen molar-refractivity contribution in [1.29, 1.82) is 0 Å². The second-order valence-corrected chi connectivity index (χ2v) is 4.78. The highest BCUT2D eigenvalue weighted by molar-refractivity contribution is 6.21. The van der Waals surface area contributed by atoms with E-state index in [9.17, 15) is 4.79 Å². The Labute approximate surface area is 102 Å². The van der Waals surface area contributed by atoms with Gasteiger partial charge in [-0.25, -0.2) is 0 Å². The zero-order valence-corrected chi connectivity index (χ0v) is 10.7. The average Bonchev–Trinajstić information content (AvgIpc) is 2.70. The van der Waals surface area contributed by atoms with Gasteiger partial charge >= 0.3 is 0 Å². The summed E-state index contributed by atoms with van der Waals surface area (Å²) in [5, 5.41) is -0.150. The third-order valence-electron chi connectivity index (χ3n) is 2.67. The quantitative estimate of drug-likeness (QED) is 0.666. The first kappa shape index (κ1) is 13.7. The number of ether oxygens (including phenoxy) is 2. The Morgan fingerprint density at radius 1 is 1.69 bits per heavy atom. The molecule has 1 rings (SSSR count). The average molecular weight is 250 g/mol. The molecule has 1 saturated heterocycles. The van der Waals surface area contributed by atoms with Crippen molar-refractivity contribution in [2.45, 2.75) is 30.7 Å². The van der Waals surface area contributed by atoms with Crippen LogP contribution in [0.1, 0.15) is 19.3 Å². The van der Waals surface area contributed by atoms with Gasteiger partial charge < -0.3 is 14.4 Å². The molecule has 0 radical (unpaired) electrons. The van der Waals surface area contributed by atoms with Gasteiger partial charge in [0.05, 0.1) is 24.5 Å². The van der Waals surface area contributed by atoms with E-state index in [4.69, 9.17) is 21.1 Å². The summed E-state index contributed by atoms with van der Waals surface area (Å²) in [5.74, 6) is 0.0913. The molecule has 0 aromatic carbocycles. The largest absolute Gasteiger partial charge is 0.383 e. The van der Waals surface area contributed by atoms with Crippen molar-refractivity contribution in [3.8, 4) is 0 Å². The number of carbonyl (C=O) groups excluding carboxylic acids is 1. The molecule has 1 aliphatic rings. The molecule has 4 nitrogen and oxygen atoms in total. The number of alkyl halides is 1. The van der Waals surface area contributed by atoms with Crippen molar-refractivity contribution >= 4 is 17.5 Å². The maximum absolute atomic E-state index is 11.8. The summed E-state index contributed by atoms with van der Waals surface area (Å²) in [5.41, 5.74) is 0. The van der Waals surface area contributed by atoms with Gasteiger partial charge in [0.2, 0.25) is 5.91 Å². The van der Waals surface area contributed by atoms with E-state index in [0.29, 0.717) is 19.6 Å². The van der Waals surface area contributed by atoms with Crippen molar-refractivity contribution in [2.24, 2.45) is 0 Å². The number of carbonyl (C=O) groups is 1. The lowest BCUT2D eigenvalue weighted by Crippen LogP contribution is -2.35. The standard InChI is InChI=1S/C11H20ClNO3/c1-13(7-9(12)8-15-2)11(14)6-10-4-3-5-16-10/h9-10H,3-8H2,1-2H3. The summed E-state index contributed by atoms with van der Waals surface area (Å²) in [4.78, 5) is 13.4. The SMILES string of the molecule is COCC(Cl)CN(C)C(=O)CC1CCCO1. The first-order valence-electron chi connectivity index (χ1n) is 5.62. The van der Waals surface area contributed by atoms with E-state index in [1.807, 2.05) is 0 Å². The maximum atomic E-state index is 11.8. The fraction of sp³-hybridized carbons (Fsp3) is 0.909. The summed E-state index contributed by atoms with van der Waals surface area (Å²) < 4.78 is 10.3. The van der Waals surface area contributed by atoms with E-state index in [1.54, 1.807) is 19.1 Å². The Morgan fingerprint density at radius 2 is 2.44 bits per heavy atom. The fourth-order valence-electron chi connectivity index (χ4n) is 1.79. The lowest BCUT2D eigenvalue weighted by Gasteiger charge is -2.21. The summed E-state index contributed by atoms with van der Waals surface area (Å²) >= 11 is 5.99. The molecule has 0 aromatic rings. The Bertz CT molecular complexity index is 219. The lowest BCUT2D eigenvalue weighted by molar-refractivity contribution is -0.132. The molecule has 1 heterocycles. The van der Waals surface area contributed by atoms with Crippen LogP contribution in [0, 0.1) is 0 Å². The number of halogens is 1. The zero-order valence-electron chi connectivity index (χ0n) is 9.95. The number of amides is 1. The molecule has 2 unspecified atom stereocenters. The fourth-order valence-corrected chi connectivity index (χ4v) is 2.12. The van der Waals surface area contributed by atoms with E-state index in [0.717, 1.165) is 19.4 Å². The van der Waals surface area contributed by atoms with Crippen molar-refractivity contribution in [1.82, 2.24) is 4.90 Å². The van der Waals surface area contributed by atoms with E-state index < -0.39 is 0 Å². The van der Waals surface area contributed by atoms with Crippen LogP contribution in [-0.4, -0.2) is 56.2 Å². The number of hydrogen-bond donors (Lipinski definition) is 0. The normalized spacial score (nSPS) is 22.1. The molecule has 94 valence electrons. The highest BCUT2D eigenvalue weighted by Crippen LogP contribution is 2.16. The molecule has 1 aliphatic heterocycles. The predicted molar refractivity (Wildman–Crippen MR) is 62.7 cm³/mol. The minimum absolute atomic E-state index is 0.0913. The van der Waals surface area contributed by atoms with Gasteiger partial charge in [0.25, 0.3) is 0 Å². The van der Waals surface area contributed by atoms with Gasteiger partial charge in [-0.1, -0.05) is 0 Å².